The van der Waals surface area contributed by atoms with Crippen LogP contribution in [-0.4, -0.2) is 209 Å². The minimum Gasteiger partial charge on any atom is -0.370 e. The quantitative estimate of drug-likeness (QED) is 0.0153. The Bertz CT molecular complexity index is 2290. The minimum atomic E-state index is -1.34. The van der Waals surface area contributed by atoms with Crippen molar-refractivity contribution < 1.29 is 38.4 Å². The third-order valence-electron chi connectivity index (χ3n) is 13.3. The summed E-state index contributed by atoms with van der Waals surface area (Å²) in [6.07, 6.45) is 2.14. The van der Waals surface area contributed by atoms with Crippen LogP contribution >= 0.6 is 0 Å². The van der Waals surface area contributed by atoms with Gasteiger partial charge in [-0.15, -0.1) is 0 Å². The predicted octanol–water partition coefficient (Wildman–Crippen LogP) is -10.7. The molecule has 0 spiro atoms. The van der Waals surface area contributed by atoms with Gasteiger partial charge in [0.15, 0.2) is 47.7 Å². The molecular formula is C51H106N34O8. The second kappa shape index (κ2) is 48.7. The van der Waals surface area contributed by atoms with E-state index in [9.17, 15) is 38.4 Å². The summed E-state index contributed by atoms with van der Waals surface area (Å²) in [5.41, 5.74) is 55.7. The summed E-state index contributed by atoms with van der Waals surface area (Å²) in [5, 5.41) is 102. The van der Waals surface area contributed by atoms with E-state index in [0.29, 0.717) is 12.8 Å². The number of nitrogens with one attached hydrogen (secondary N) is 24. The third-order valence-corrected chi connectivity index (χ3v) is 13.3. The number of guanidine groups is 8. The van der Waals surface area contributed by atoms with Gasteiger partial charge in [-0.3, -0.25) is 81.6 Å². The largest absolute Gasteiger partial charge is 0.370 e. The molecule has 0 aromatic heterocycles. The van der Waals surface area contributed by atoms with Gasteiger partial charge in [-0.25, -0.2) is 0 Å². The van der Waals surface area contributed by atoms with Crippen LogP contribution in [-0.2, 0) is 38.4 Å². The summed E-state index contributed by atoms with van der Waals surface area (Å²) in [7, 11) is 0. The highest BCUT2D eigenvalue weighted by molar-refractivity contribution is 5.96. The molecule has 0 saturated heterocycles. The van der Waals surface area contributed by atoms with E-state index in [0.717, 1.165) is 0 Å². The molecule has 0 aliphatic rings. The van der Waals surface area contributed by atoms with Gasteiger partial charge in [0.1, 0.15) is 36.3 Å². The number of hydrogen-bond donors (Lipinski definition) is 34. The fourth-order valence-corrected chi connectivity index (χ4v) is 8.55. The SMILES string of the molecule is N=C(N)NCCCC(N)C(=O)NC(CCCNC(=N)N)C(=O)NC(CCCNC(=N)N)C(=O)NC(CCCNC(=N)N)C(=O)NCCCNC(=O)C(CCCNC(=N)N)NC(=O)C(CCCNC(=N)N)NC(=O)C(CCCNC(=N)N)NC(=O)C(N)CCCNC(=N)N. The molecular weight excluding hydrogens is 1220 g/mol. The zero-order valence-corrected chi connectivity index (χ0v) is 52.8. The van der Waals surface area contributed by atoms with Crippen molar-refractivity contribution in [2.75, 3.05) is 65.4 Å². The number of carbonyl (C=O) groups excluding carboxylic acids is 8. The normalized spacial score (nSPS) is 13.2. The van der Waals surface area contributed by atoms with Crippen LogP contribution in [0.2, 0.25) is 0 Å². The Morgan fingerprint density at radius 2 is 0.366 bits per heavy atom. The van der Waals surface area contributed by atoms with Crippen molar-refractivity contribution in [3.63, 3.8) is 0 Å². The summed E-state index contributed by atoms with van der Waals surface area (Å²) in [4.78, 5) is 111. The Morgan fingerprint density at radius 3 is 0.548 bits per heavy atom. The van der Waals surface area contributed by atoms with Crippen molar-refractivity contribution in [1.29, 1.82) is 43.3 Å². The summed E-state index contributed by atoms with van der Waals surface area (Å²) < 4.78 is 0. The summed E-state index contributed by atoms with van der Waals surface area (Å²) >= 11 is 0. The zero-order valence-electron chi connectivity index (χ0n) is 52.8. The highest BCUT2D eigenvalue weighted by Gasteiger charge is 2.33. The van der Waals surface area contributed by atoms with Gasteiger partial charge >= 0.3 is 0 Å². The summed E-state index contributed by atoms with van der Waals surface area (Å²) in [5.74, 6) is -8.53. The van der Waals surface area contributed by atoms with Crippen molar-refractivity contribution in [3.8, 4) is 0 Å². The second-order valence-electron chi connectivity index (χ2n) is 21.4. The van der Waals surface area contributed by atoms with E-state index in [1.165, 1.54) is 0 Å². The molecule has 42 nitrogen and oxygen atoms in total. The lowest BCUT2D eigenvalue weighted by molar-refractivity contribution is -0.134. The van der Waals surface area contributed by atoms with Crippen LogP contribution in [0.3, 0.4) is 0 Å². The monoisotopic (exact) mass is 1320 g/mol. The lowest BCUT2D eigenvalue weighted by Crippen LogP contribution is -2.58. The Kier molecular flexibility index (Phi) is 43.3. The average Bonchev–Trinajstić information content (AvgIpc) is 1.35. The van der Waals surface area contributed by atoms with Gasteiger partial charge in [-0.1, -0.05) is 0 Å². The number of amides is 8. The van der Waals surface area contributed by atoms with Crippen LogP contribution in [0, 0.1) is 43.3 Å². The first kappa shape index (κ1) is 82.8. The molecule has 8 atom stereocenters. The van der Waals surface area contributed by atoms with Gasteiger partial charge in [0.2, 0.25) is 47.3 Å². The molecule has 0 aromatic rings. The number of carbonyl (C=O) groups is 8. The van der Waals surface area contributed by atoms with Crippen LogP contribution in [0.1, 0.15) is 109 Å². The first-order chi connectivity index (χ1) is 43.9. The molecule has 0 rings (SSSR count). The molecule has 8 amide bonds. The van der Waals surface area contributed by atoms with E-state index in [1.54, 1.807) is 0 Å². The molecule has 93 heavy (non-hydrogen) atoms. The van der Waals surface area contributed by atoms with Gasteiger partial charge in [-0.05, 0) is 109 Å². The fraction of sp³-hybridized carbons (Fsp3) is 0.686. The Labute approximate surface area is 540 Å². The van der Waals surface area contributed by atoms with Gasteiger partial charge < -0.3 is 142 Å². The minimum absolute atomic E-state index is 0.00182. The number of nitrogens with two attached hydrogens (primary N) is 10. The van der Waals surface area contributed by atoms with E-state index in [4.69, 9.17) is 101 Å². The zero-order chi connectivity index (χ0) is 70.3. The maximum absolute atomic E-state index is 14.2. The first-order valence-corrected chi connectivity index (χ1v) is 30.5. The van der Waals surface area contributed by atoms with Crippen molar-refractivity contribution in [2.45, 2.75) is 157 Å². The van der Waals surface area contributed by atoms with E-state index in [1.807, 2.05) is 0 Å². The molecule has 8 unspecified atom stereocenters. The molecule has 0 fully saturated rings. The highest BCUT2D eigenvalue weighted by atomic mass is 16.2. The van der Waals surface area contributed by atoms with Crippen LogP contribution in [0.5, 0.6) is 0 Å². The third kappa shape index (κ3) is 43.2. The van der Waals surface area contributed by atoms with Crippen LogP contribution in [0.25, 0.3) is 0 Å². The highest BCUT2D eigenvalue weighted by Crippen LogP contribution is 2.09. The molecule has 44 N–H and O–H groups in total. The lowest BCUT2D eigenvalue weighted by Gasteiger charge is -2.26. The molecule has 0 aliphatic heterocycles. The molecule has 0 radical (unpaired) electrons. The molecule has 0 aliphatic carbocycles. The molecule has 0 bridgehead atoms. The van der Waals surface area contributed by atoms with E-state index in [2.05, 4.69) is 85.1 Å². The molecule has 42 heteroatoms. The van der Waals surface area contributed by atoms with E-state index < -0.39 is 95.6 Å². The topological polar surface area (TPSA) is 780 Å². The van der Waals surface area contributed by atoms with Crippen molar-refractivity contribution in [2.24, 2.45) is 57.3 Å². The molecule has 0 saturated carbocycles. The Morgan fingerprint density at radius 1 is 0.215 bits per heavy atom. The number of rotatable bonds is 50. The second-order valence-corrected chi connectivity index (χ2v) is 21.4. The summed E-state index contributed by atoms with van der Waals surface area (Å²) in [6.45, 7) is 1.11. The van der Waals surface area contributed by atoms with Crippen LogP contribution < -0.4 is 142 Å². The maximum atomic E-state index is 14.2. The van der Waals surface area contributed by atoms with Crippen LogP contribution in [0.4, 0.5) is 0 Å². The van der Waals surface area contributed by atoms with Gasteiger partial charge in [0.25, 0.3) is 0 Å². The Balaban J connectivity index is 6.64. The van der Waals surface area contributed by atoms with E-state index in [-0.39, 0.29) is 209 Å². The van der Waals surface area contributed by atoms with Gasteiger partial charge in [0.05, 0.1) is 12.1 Å². The first-order valence-electron chi connectivity index (χ1n) is 30.5. The smallest absolute Gasteiger partial charge is 0.243 e. The standard InChI is InChI=1S/C51H106N34O8/c52-28(10-1-18-72-44(54)55)36(86)80-32(14-5-22-76-48(62)63)40(90)84-34(16-7-24-78-50(66)67)42(92)82-30(12-3-20-74-46(58)59)38(88)70-26-9-27-71-39(89)31(13-4-21-75-47(60)61)83-43(93)35(17-8-25-79-51(68)69)85-41(91)33(15-6-23-77-49(64)65)81-37(87)29(53)11-2-19-73-45(56)57/h28-35H,1-27,52-53H2,(H,70,88)(H,71,89)(H,80,86)(H,81,87)(H,82,92)(H,83,93)(H,84,90)(H,85,91)(H4,54,55,72)(H4,56,57,73)(H4,58,59,74)(H4,60,61,75)(H4,62,63,76)(H4,64,65,77)(H4,66,67,78)(H4,68,69,79). The van der Waals surface area contributed by atoms with Crippen molar-refractivity contribution in [3.05, 3.63) is 0 Å². The van der Waals surface area contributed by atoms with Crippen molar-refractivity contribution >= 4 is 94.9 Å². The predicted molar refractivity (Wildman–Crippen MR) is 351 cm³/mol. The summed E-state index contributed by atoms with van der Waals surface area (Å²) in [6, 6.07) is -9.86. The molecule has 0 heterocycles. The molecule has 0 aromatic carbocycles. The van der Waals surface area contributed by atoms with E-state index >= 15 is 0 Å². The fourth-order valence-electron chi connectivity index (χ4n) is 8.55. The Hall–Kier alpha value is -10.2. The maximum Gasteiger partial charge on any atom is 0.243 e. The van der Waals surface area contributed by atoms with Gasteiger partial charge in [0, 0.05) is 65.4 Å². The van der Waals surface area contributed by atoms with Gasteiger partial charge in [-0.2, -0.15) is 0 Å². The van der Waals surface area contributed by atoms with Crippen LogP contribution in [0.15, 0.2) is 0 Å². The average molecular weight is 1320 g/mol. The van der Waals surface area contributed by atoms with Crippen molar-refractivity contribution in [1.82, 2.24) is 85.1 Å². The number of hydrogen-bond acceptors (Lipinski definition) is 18. The molecule has 528 valence electrons. The lowest BCUT2D eigenvalue weighted by atomic mass is 10.0.